The Morgan fingerprint density at radius 2 is 1.95 bits per heavy atom. The SMILES string of the molecule is N#CC1(NC(=O)[C@@H]2CCCC[C@H]2c2nc(-c3cncc(F)c3)sc2-c2ccccc2N2CCS(=N)(=O)CC2)CC1. The summed E-state index contributed by atoms with van der Waals surface area (Å²) in [4.78, 5) is 25.7. The number of amides is 1. The van der Waals surface area contributed by atoms with Crippen molar-refractivity contribution in [2.75, 3.05) is 29.5 Å². The zero-order valence-corrected chi connectivity index (χ0v) is 23.7. The Kier molecular flexibility index (Phi) is 7.09. The minimum atomic E-state index is -2.55. The Morgan fingerprint density at radius 1 is 1.20 bits per heavy atom. The molecule has 2 aromatic heterocycles. The molecule has 8 nitrogen and oxygen atoms in total. The average molecular weight is 579 g/mol. The normalized spacial score (nSPS) is 23.2. The van der Waals surface area contributed by atoms with Crippen LogP contribution in [0.4, 0.5) is 10.1 Å². The van der Waals surface area contributed by atoms with Crippen LogP contribution in [0.15, 0.2) is 42.7 Å². The van der Waals surface area contributed by atoms with Crippen LogP contribution in [0.2, 0.25) is 0 Å². The summed E-state index contributed by atoms with van der Waals surface area (Å²) in [6, 6.07) is 11.7. The van der Waals surface area contributed by atoms with E-state index in [1.165, 1.54) is 23.6 Å². The fraction of sp³-hybridized carbons (Fsp3) is 0.448. The van der Waals surface area contributed by atoms with Gasteiger partial charge in [0.15, 0.2) is 0 Å². The van der Waals surface area contributed by atoms with Gasteiger partial charge in [0.25, 0.3) is 0 Å². The molecular weight excluding hydrogens is 547 g/mol. The summed E-state index contributed by atoms with van der Waals surface area (Å²) >= 11 is 1.47. The maximum absolute atomic E-state index is 14.2. The Bertz CT molecular complexity index is 1580. The fourth-order valence-electron chi connectivity index (χ4n) is 5.83. The number of rotatable bonds is 6. The maximum Gasteiger partial charge on any atom is 0.225 e. The van der Waals surface area contributed by atoms with E-state index >= 15 is 0 Å². The highest BCUT2D eigenvalue weighted by molar-refractivity contribution is 7.92. The van der Waals surface area contributed by atoms with E-state index in [4.69, 9.17) is 9.76 Å². The van der Waals surface area contributed by atoms with Crippen molar-refractivity contribution in [3.05, 3.63) is 54.2 Å². The molecular formula is C29H31FN6O2S2. The summed E-state index contributed by atoms with van der Waals surface area (Å²) in [6.07, 6.45) is 7.55. The van der Waals surface area contributed by atoms with Gasteiger partial charge in [0, 0.05) is 69.2 Å². The molecule has 40 heavy (non-hydrogen) atoms. The number of nitriles is 1. The number of para-hydroxylation sites is 1. The lowest BCUT2D eigenvalue weighted by Gasteiger charge is -2.33. The molecule has 1 aromatic carbocycles. The summed E-state index contributed by atoms with van der Waals surface area (Å²) in [7, 11) is -2.55. The van der Waals surface area contributed by atoms with Crippen LogP contribution in [0.1, 0.15) is 50.1 Å². The predicted octanol–water partition coefficient (Wildman–Crippen LogP) is 5.32. The second-order valence-corrected chi connectivity index (χ2v) is 14.5. The molecule has 2 atom stereocenters. The number of anilines is 1. The first-order chi connectivity index (χ1) is 19.3. The van der Waals surface area contributed by atoms with E-state index in [9.17, 15) is 18.7 Å². The second-order valence-electron chi connectivity index (χ2n) is 11.0. The summed E-state index contributed by atoms with van der Waals surface area (Å²) in [5, 5.41) is 13.2. The Morgan fingerprint density at radius 3 is 2.67 bits per heavy atom. The highest BCUT2D eigenvalue weighted by Crippen LogP contribution is 2.48. The van der Waals surface area contributed by atoms with Crippen LogP contribution in [0.25, 0.3) is 21.0 Å². The molecule has 0 radical (unpaired) electrons. The molecule has 2 N–H and O–H groups in total. The van der Waals surface area contributed by atoms with E-state index in [0.717, 1.165) is 47.5 Å². The number of halogens is 1. The molecule has 1 amide bonds. The van der Waals surface area contributed by atoms with Gasteiger partial charge >= 0.3 is 0 Å². The van der Waals surface area contributed by atoms with E-state index in [2.05, 4.69) is 21.3 Å². The quantitative estimate of drug-likeness (QED) is 0.408. The number of carbonyl (C=O) groups is 1. The molecule has 1 aliphatic heterocycles. The lowest BCUT2D eigenvalue weighted by atomic mass is 9.76. The van der Waals surface area contributed by atoms with Crippen LogP contribution in [0.5, 0.6) is 0 Å². The summed E-state index contributed by atoms with van der Waals surface area (Å²) in [5.41, 5.74) is 2.61. The third-order valence-corrected chi connectivity index (χ3v) is 11.1. The number of pyridine rings is 1. The topological polar surface area (TPSA) is 123 Å². The van der Waals surface area contributed by atoms with E-state index in [0.29, 0.717) is 48.0 Å². The molecule has 1 saturated heterocycles. The van der Waals surface area contributed by atoms with Crippen molar-refractivity contribution in [2.24, 2.45) is 5.92 Å². The Labute approximate surface area is 237 Å². The van der Waals surface area contributed by atoms with E-state index in [1.54, 1.807) is 6.20 Å². The van der Waals surface area contributed by atoms with Gasteiger partial charge < -0.3 is 10.2 Å². The van der Waals surface area contributed by atoms with Gasteiger partial charge in [-0.25, -0.2) is 13.6 Å². The molecule has 208 valence electrons. The lowest BCUT2D eigenvalue weighted by molar-refractivity contribution is -0.127. The molecule has 0 spiro atoms. The second kappa shape index (κ2) is 10.6. The summed E-state index contributed by atoms with van der Waals surface area (Å²) < 4.78 is 34.5. The van der Waals surface area contributed by atoms with Crippen LogP contribution >= 0.6 is 11.3 Å². The summed E-state index contributed by atoms with van der Waals surface area (Å²) in [6.45, 7) is 1.05. The smallest absolute Gasteiger partial charge is 0.225 e. The van der Waals surface area contributed by atoms with Crippen molar-refractivity contribution in [1.29, 1.82) is 10.0 Å². The van der Waals surface area contributed by atoms with Gasteiger partial charge in [-0.05, 0) is 37.8 Å². The zero-order chi connectivity index (χ0) is 27.9. The summed E-state index contributed by atoms with van der Waals surface area (Å²) in [5.74, 6) is -0.346. The van der Waals surface area contributed by atoms with Gasteiger partial charge in [0.1, 0.15) is 16.4 Å². The molecule has 11 heteroatoms. The van der Waals surface area contributed by atoms with Crippen molar-refractivity contribution in [3.8, 4) is 27.1 Å². The van der Waals surface area contributed by atoms with Crippen molar-refractivity contribution >= 4 is 32.7 Å². The Hall–Kier alpha value is -3.36. The molecule has 0 unspecified atom stereocenters. The number of hydrogen-bond donors (Lipinski definition) is 2. The molecule has 2 saturated carbocycles. The largest absolute Gasteiger partial charge is 0.369 e. The fourth-order valence-corrected chi connectivity index (χ4v) is 8.22. The number of benzene rings is 1. The van der Waals surface area contributed by atoms with Gasteiger partial charge in [0.2, 0.25) is 5.91 Å². The lowest BCUT2D eigenvalue weighted by Crippen LogP contribution is -2.42. The third-order valence-electron chi connectivity index (χ3n) is 8.26. The van der Waals surface area contributed by atoms with Crippen molar-refractivity contribution in [2.45, 2.75) is 50.0 Å². The van der Waals surface area contributed by atoms with Crippen LogP contribution < -0.4 is 10.2 Å². The number of hydrogen-bond acceptors (Lipinski definition) is 8. The van der Waals surface area contributed by atoms with E-state index in [1.807, 2.05) is 24.3 Å². The highest BCUT2D eigenvalue weighted by atomic mass is 32.2. The van der Waals surface area contributed by atoms with Crippen LogP contribution in [-0.4, -0.2) is 50.2 Å². The van der Waals surface area contributed by atoms with Crippen molar-refractivity contribution < 1.29 is 13.4 Å². The standard InChI is InChI=1S/C29H31FN6O2S2/c30-20-15-19(16-33-17-20)28-34-25(21-5-1-2-6-22(21)27(37)35-29(18-31)9-10-29)26(39-28)23-7-3-4-8-24(23)36-11-13-40(32,38)14-12-36/h3-4,7-8,15-17,21-22,32H,1-2,5-6,9-14H2,(H,35,37)/t21-,22-/m1/s1. The van der Waals surface area contributed by atoms with Gasteiger partial charge in [-0.3, -0.25) is 14.6 Å². The number of thiazole rings is 1. The number of nitrogens with one attached hydrogen (secondary N) is 2. The van der Waals surface area contributed by atoms with Gasteiger partial charge in [-0.15, -0.1) is 11.3 Å². The minimum Gasteiger partial charge on any atom is -0.369 e. The first kappa shape index (κ1) is 26.8. The molecule has 0 bridgehead atoms. The maximum atomic E-state index is 14.2. The van der Waals surface area contributed by atoms with Gasteiger partial charge in [0.05, 0.1) is 22.8 Å². The van der Waals surface area contributed by atoms with Gasteiger partial charge in [-0.2, -0.15) is 5.26 Å². The first-order valence-corrected chi connectivity index (χ1v) is 16.4. The number of aromatic nitrogens is 2. The zero-order valence-electron chi connectivity index (χ0n) is 22.1. The monoisotopic (exact) mass is 578 g/mol. The number of carbonyl (C=O) groups excluding carboxylic acids is 1. The number of nitrogens with zero attached hydrogens (tertiary/aromatic N) is 4. The molecule has 3 heterocycles. The molecule has 3 aliphatic rings. The van der Waals surface area contributed by atoms with Crippen molar-refractivity contribution in [3.63, 3.8) is 0 Å². The molecule has 2 aliphatic carbocycles. The van der Waals surface area contributed by atoms with E-state index < -0.39 is 21.1 Å². The average Bonchev–Trinajstić information content (AvgIpc) is 3.59. The predicted molar refractivity (Wildman–Crippen MR) is 154 cm³/mol. The van der Waals surface area contributed by atoms with Crippen LogP contribution in [-0.2, 0) is 14.5 Å². The van der Waals surface area contributed by atoms with Crippen LogP contribution in [0, 0.1) is 27.8 Å². The third kappa shape index (κ3) is 5.34. The van der Waals surface area contributed by atoms with Gasteiger partial charge in [-0.1, -0.05) is 31.0 Å². The van der Waals surface area contributed by atoms with Crippen molar-refractivity contribution in [1.82, 2.24) is 15.3 Å². The highest BCUT2D eigenvalue weighted by Gasteiger charge is 2.47. The van der Waals surface area contributed by atoms with E-state index in [-0.39, 0.29) is 17.7 Å². The molecule has 3 fully saturated rings. The molecule has 6 rings (SSSR count). The van der Waals surface area contributed by atoms with Crippen LogP contribution in [0.3, 0.4) is 0 Å². The Balaban J connectivity index is 1.44. The molecule has 3 aromatic rings. The minimum absolute atomic E-state index is 0.0915. The first-order valence-electron chi connectivity index (χ1n) is 13.7.